The fourth-order valence-corrected chi connectivity index (χ4v) is 4.18. The average molecular weight is 564 g/mol. The number of non-ortho nitro benzene ring substituents is 1. The van der Waals surface area contributed by atoms with Crippen LogP contribution in [-0.4, -0.2) is 39.7 Å². The largest absolute Gasteiger partial charge is 0.496 e. The number of methoxy groups -OCH3 is 2. The third kappa shape index (κ3) is 6.33. The first-order valence-electron chi connectivity index (χ1n) is 9.68. The molecule has 0 aromatic heterocycles. The maximum atomic E-state index is 12.6. The molecule has 0 aliphatic heterocycles. The highest BCUT2D eigenvalue weighted by Gasteiger charge is 2.22. The number of carbonyl (C=O) groups is 1. The second-order valence-corrected chi connectivity index (χ2v) is 9.21. The smallest absolute Gasteiger partial charge is 0.339 e. The van der Waals surface area contributed by atoms with Crippen molar-refractivity contribution in [3.63, 3.8) is 0 Å². The summed E-state index contributed by atoms with van der Waals surface area (Å²) in [6.45, 7) is 0. The monoisotopic (exact) mass is 563 g/mol. The van der Waals surface area contributed by atoms with Gasteiger partial charge in [0.2, 0.25) is 0 Å². The van der Waals surface area contributed by atoms with Crippen LogP contribution >= 0.6 is 15.9 Å². The molecule has 0 unspecified atom stereocenters. The van der Waals surface area contributed by atoms with E-state index in [1.165, 1.54) is 56.8 Å². The van der Waals surface area contributed by atoms with Crippen molar-refractivity contribution < 1.29 is 31.8 Å². The number of nitrogens with zero attached hydrogens (tertiary/aromatic N) is 2. The number of hydrogen-bond acceptors (Lipinski definition) is 9. The molecule has 182 valence electrons. The Hall–Kier alpha value is -3.97. The Balaban J connectivity index is 1.77. The zero-order valence-electron chi connectivity index (χ0n) is 18.3. The lowest BCUT2D eigenvalue weighted by molar-refractivity contribution is -0.385. The third-order valence-corrected chi connectivity index (χ3v) is 6.21. The molecule has 1 N–H and O–H groups in total. The van der Waals surface area contributed by atoms with Gasteiger partial charge in [-0.15, -0.1) is 0 Å². The number of amides is 1. The molecular formula is C22H18BrN3O8S. The van der Waals surface area contributed by atoms with Crippen LogP contribution in [0.2, 0.25) is 0 Å². The topological polar surface area (TPSA) is 146 Å². The van der Waals surface area contributed by atoms with Crippen LogP contribution in [0.5, 0.6) is 17.2 Å². The van der Waals surface area contributed by atoms with Gasteiger partial charge in [0, 0.05) is 16.6 Å². The molecule has 3 aromatic rings. The van der Waals surface area contributed by atoms with Crippen LogP contribution in [0.3, 0.4) is 0 Å². The Bertz CT molecular complexity index is 1410. The highest BCUT2D eigenvalue weighted by Crippen LogP contribution is 2.31. The number of benzene rings is 3. The average Bonchev–Trinajstić information content (AvgIpc) is 2.84. The van der Waals surface area contributed by atoms with Gasteiger partial charge in [-0.2, -0.15) is 13.5 Å². The van der Waals surface area contributed by atoms with Crippen LogP contribution in [0.15, 0.2) is 75.1 Å². The summed E-state index contributed by atoms with van der Waals surface area (Å²) in [4.78, 5) is 22.3. The summed E-state index contributed by atoms with van der Waals surface area (Å²) in [6.07, 6.45) is 1.32. The molecule has 0 aliphatic rings. The summed E-state index contributed by atoms with van der Waals surface area (Å²) < 4.78 is 41.4. The predicted octanol–water partition coefficient (Wildman–Crippen LogP) is 3.91. The molecule has 0 saturated heterocycles. The molecule has 3 rings (SSSR count). The first-order valence-corrected chi connectivity index (χ1v) is 11.9. The lowest BCUT2D eigenvalue weighted by Crippen LogP contribution is -2.18. The lowest BCUT2D eigenvalue weighted by atomic mass is 10.2. The van der Waals surface area contributed by atoms with Crippen molar-refractivity contribution in [2.24, 2.45) is 5.10 Å². The normalized spacial score (nSPS) is 11.2. The highest BCUT2D eigenvalue weighted by molar-refractivity contribution is 9.10. The SMILES string of the molecule is COc1cc(/C=N\NC(=O)c2cc(Br)ccc2OC)ccc1OS(=O)(=O)c1cccc([N+](=O)[O-])c1. The van der Waals surface area contributed by atoms with Crippen molar-refractivity contribution in [2.75, 3.05) is 14.2 Å². The van der Waals surface area contributed by atoms with Crippen molar-refractivity contribution in [1.29, 1.82) is 0 Å². The molecule has 0 saturated carbocycles. The zero-order chi connectivity index (χ0) is 25.6. The molecule has 0 spiro atoms. The van der Waals surface area contributed by atoms with E-state index in [0.717, 1.165) is 6.07 Å². The molecular weight excluding hydrogens is 546 g/mol. The van der Waals surface area contributed by atoms with E-state index in [0.29, 0.717) is 15.8 Å². The van der Waals surface area contributed by atoms with Gasteiger partial charge in [-0.3, -0.25) is 14.9 Å². The van der Waals surface area contributed by atoms with Gasteiger partial charge in [-0.25, -0.2) is 5.43 Å². The van der Waals surface area contributed by atoms with E-state index in [1.54, 1.807) is 18.2 Å². The van der Waals surface area contributed by atoms with Crippen LogP contribution in [-0.2, 0) is 10.1 Å². The van der Waals surface area contributed by atoms with Gasteiger partial charge in [0.05, 0.1) is 30.9 Å². The zero-order valence-corrected chi connectivity index (χ0v) is 20.7. The summed E-state index contributed by atoms with van der Waals surface area (Å²) in [7, 11) is -1.62. The molecule has 3 aromatic carbocycles. The number of ether oxygens (including phenoxy) is 2. The molecule has 35 heavy (non-hydrogen) atoms. The number of nitrogens with one attached hydrogen (secondary N) is 1. The van der Waals surface area contributed by atoms with Crippen LogP contribution in [0.4, 0.5) is 5.69 Å². The summed E-state index contributed by atoms with van der Waals surface area (Å²) in [5.41, 5.74) is 2.72. The van der Waals surface area contributed by atoms with Crippen LogP contribution in [0.25, 0.3) is 0 Å². The molecule has 0 heterocycles. The second-order valence-electron chi connectivity index (χ2n) is 6.75. The summed E-state index contributed by atoms with van der Waals surface area (Å²) in [6, 6.07) is 13.7. The molecule has 1 amide bonds. The minimum Gasteiger partial charge on any atom is -0.496 e. The maximum absolute atomic E-state index is 12.6. The van der Waals surface area contributed by atoms with Crippen LogP contribution in [0, 0.1) is 10.1 Å². The summed E-state index contributed by atoms with van der Waals surface area (Å²) in [5.74, 6) is -0.217. The van der Waals surface area contributed by atoms with Gasteiger partial charge in [-0.1, -0.05) is 22.0 Å². The third-order valence-electron chi connectivity index (χ3n) is 4.49. The van der Waals surface area contributed by atoms with E-state index in [-0.39, 0.29) is 22.0 Å². The fraction of sp³-hybridized carbons (Fsp3) is 0.0909. The molecule has 0 bridgehead atoms. The van der Waals surface area contributed by atoms with Crippen molar-refractivity contribution in [3.8, 4) is 17.2 Å². The Labute approximate surface area is 208 Å². The van der Waals surface area contributed by atoms with Gasteiger partial charge in [0.1, 0.15) is 10.6 Å². The van der Waals surface area contributed by atoms with Crippen LogP contribution < -0.4 is 19.1 Å². The molecule has 0 radical (unpaired) electrons. The number of hydrazone groups is 1. The first-order chi connectivity index (χ1) is 16.6. The molecule has 0 atom stereocenters. The standard InChI is InChI=1S/C22H18BrN3O8S/c1-32-19-9-7-15(23)11-18(19)22(27)25-24-13-14-6-8-20(21(10-14)33-2)34-35(30,31)17-5-3-4-16(12-17)26(28)29/h3-13H,1-2H3,(H,25,27)/b24-13-. The first kappa shape index (κ1) is 25.6. The van der Waals surface area contributed by atoms with Gasteiger partial charge in [0.15, 0.2) is 11.5 Å². The van der Waals surface area contributed by atoms with Gasteiger partial charge in [0.25, 0.3) is 11.6 Å². The number of hydrogen-bond donors (Lipinski definition) is 1. The minimum absolute atomic E-state index is 0.0583. The van der Waals surface area contributed by atoms with E-state index in [1.807, 2.05) is 0 Å². The number of nitro benzene ring substituents is 1. The van der Waals surface area contributed by atoms with E-state index >= 15 is 0 Å². The summed E-state index contributed by atoms with van der Waals surface area (Å²) >= 11 is 3.29. The molecule has 0 aliphatic carbocycles. The number of nitro groups is 1. The van der Waals surface area contributed by atoms with Gasteiger partial charge in [-0.05, 0) is 48.0 Å². The van der Waals surface area contributed by atoms with Gasteiger partial charge < -0.3 is 13.7 Å². The Morgan fingerprint density at radius 3 is 2.43 bits per heavy atom. The maximum Gasteiger partial charge on any atom is 0.339 e. The van der Waals surface area contributed by atoms with E-state index in [2.05, 4.69) is 26.5 Å². The Morgan fingerprint density at radius 2 is 1.74 bits per heavy atom. The van der Waals surface area contributed by atoms with Crippen molar-refractivity contribution in [3.05, 3.63) is 86.4 Å². The quantitative estimate of drug-likeness (QED) is 0.178. The number of rotatable bonds is 9. The Kier molecular flexibility index (Phi) is 8.04. The molecule has 11 nitrogen and oxygen atoms in total. The van der Waals surface area contributed by atoms with E-state index in [9.17, 15) is 23.3 Å². The van der Waals surface area contributed by atoms with Crippen molar-refractivity contribution >= 4 is 43.9 Å². The molecule has 0 fully saturated rings. The van der Waals surface area contributed by atoms with Crippen molar-refractivity contribution in [1.82, 2.24) is 5.43 Å². The number of halogens is 1. The fourth-order valence-electron chi connectivity index (χ4n) is 2.84. The highest BCUT2D eigenvalue weighted by atomic mass is 79.9. The van der Waals surface area contributed by atoms with Crippen molar-refractivity contribution in [2.45, 2.75) is 4.90 Å². The molecule has 13 heteroatoms. The summed E-state index contributed by atoms with van der Waals surface area (Å²) in [5, 5.41) is 14.8. The van der Waals surface area contributed by atoms with E-state index < -0.39 is 26.6 Å². The predicted molar refractivity (Wildman–Crippen MR) is 130 cm³/mol. The van der Waals surface area contributed by atoms with E-state index in [4.69, 9.17) is 13.7 Å². The second kappa shape index (κ2) is 11.0. The Morgan fingerprint density at radius 1 is 1.03 bits per heavy atom. The van der Waals surface area contributed by atoms with Gasteiger partial charge >= 0.3 is 10.1 Å². The van der Waals surface area contributed by atoms with Crippen LogP contribution in [0.1, 0.15) is 15.9 Å². The lowest BCUT2D eigenvalue weighted by Gasteiger charge is -2.11. The minimum atomic E-state index is -4.37. The number of carbonyl (C=O) groups excluding carboxylic acids is 1.